The van der Waals surface area contributed by atoms with Gasteiger partial charge in [0.15, 0.2) is 11.4 Å². The van der Waals surface area contributed by atoms with Crippen molar-refractivity contribution >= 4 is 34.4 Å². The number of hydrogen-bond donors (Lipinski definition) is 2. The summed E-state index contributed by atoms with van der Waals surface area (Å²) in [7, 11) is 0. The van der Waals surface area contributed by atoms with Crippen LogP contribution in [0.2, 0.25) is 0 Å². The number of aromatic amines is 1. The number of fused-ring (bicyclic) bond motifs is 2. The van der Waals surface area contributed by atoms with E-state index in [-0.39, 0.29) is 17.9 Å². The molecule has 0 saturated carbocycles. The summed E-state index contributed by atoms with van der Waals surface area (Å²) in [5, 5.41) is 3.06. The molecule has 9 nitrogen and oxygen atoms in total. The zero-order valence-corrected chi connectivity index (χ0v) is 20.5. The number of pyridine rings is 1. The van der Waals surface area contributed by atoms with Gasteiger partial charge in [0, 0.05) is 48.7 Å². The van der Waals surface area contributed by atoms with Crippen LogP contribution in [0.1, 0.15) is 39.9 Å². The predicted molar refractivity (Wildman–Crippen MR) is 140 cm³/mol. The molecule has 0 unspecified atom stereocenters. The number of benzene rings is 2. The van der Waals surface area contributed by atoms with E-state index in [4.69, 9.17) is 4.42 Å². The third kappa shape index (κ3) is 4.37. The molecule has 37 heavy (non-hydrogen) atoms. The zero-order chi connectivity index (χ0) is 25.5. The normalized spacial score (nSPS) is 16.4. The number of carbonyl (C=O) groups is 2. The van der Waals surface area contributed by atoms with Crippen molar-refractivity contribution in [2.24, 2.45) is 0 Å². The number of urea groups is 1. The van der Waals surface area contributed by atoms with E-state index in [1.165, 1.54) is 0 Å². The molecule has 188 valence electrons. The monoisotopic (exact) mass is 497 g/mol. The summed E-state index contributed by atoms with van der Waals surface area (Å²) >= 11 is 0. The molecule has 0 radical (unpaired) electrons. The van der Waals surface area contributed by atoms with Crippen LogP contribution < -0.4 is 16.0 Å². The molecule has 4 aromatic rings. The zero-order valence-electron chi connectivity index (χ0n) is 20.5. The molecule has 2 aromatic heterocycles. The van der Waals surface area contributed by atoms with E-state index in [0.29, 0.717) is 28.8 Å². The van der Waals surface area contributed by atoms with Crippen molar-refractivity contribution in [3.05, 3.63) is 87.5 Å². The number of anilines is 2. The van der Waals surface area contributed by atoms with Crippen LogP contribution in [-0.4, -0.2) is 52.4 Å². The van der Waals surface area contributed by atoms with E-state index in [9.17, 15) is 14.4 Å². The summed E-state index contributed by atoms with van der Waals surface area (Å²) in [5.41, 5.74) is 4.77. The highest BCUT2D eigenvalue weighted by Gasteiger charge is 2.30. The maximum atomic E-state index is 13.3. The van der Waals surface area contributed by atoms with E-state index >= 15 is 0 Å². The number of aryl methyl sites for hydroxylation is 1. The lowest BCUT2D eigenvalue weighted by molar-refractivity contribution is 0.103. The van der Waals surface area contributed by atoms with Crippen LogP contribution in [0.3, 0.4) is 0 Å². The lowest BCUT2D eigenvalue weighted by atomic mass is 10.0. The van der Waals surface area contributed by atoms with Crippen LogP contribution in [-0.2, 0) is 6.42 Å². The second-order valence-electron chi connectivity index (χ2n) is 9.66. The first kappa shape index (κ1) is 23.0. The fraction of sp³-hybridized carbons (Fsp3) is 0.286. The maximum Gasteiger partial charge on any atom is 0.417 e. The van der Waals surface area contributed by atoms with Crippen LogP contribution in [0.15, 0.2) is 63.9 Å². The highest BCUT2D eigenvalue weighted by atomic mass is 16.4. The Bertz CT molecular complexity index is 1560. The van der Waals surface area contributed by atoms with Crippen LogP contribution in [0.4, 0.5) is 16.3 Å². The summed E-state index contributed by atoms with van der Waals surface area (Å²) < 4.78 is 5.17. The average molecular weight is 498 g/mol. The summed E-state index contributed by atoms with van der Waals surface area (Å²) in [4.78, 5) is 49.1. The highest BCUT2D eigenvalue weighted by Crippen LogP contribution is 2.27. The minimum atomic E-state index is -0.542. The molecule has 1 fully saturated rings. The first-order valence-corrected chi connectivity index (χ1v) is 12.5. The van der Waals surface area contributed by atoms with E-state index in [0.717, 1.165) is 55.0 Å². The third-order valence-corrected chi connectivity index (χ3v) is 7.37. The smallest absolute Gasteiger partial charge is 0.408 e. The first-order valence-electron chi connectivity index (χ1n) is 12.5. The van der Waals surface area contributed by atoms with Gasteiger partial charge in [-0.3, -0.25) is 9.78 Å². The fourth-order valence-electron chi connectivity index (χ4n) is 5.40. The number of para-hydroxylation sites is 1. The molecule has 2 N–H and O–H groups in total. The molecule has 2 aliphatic rings. The molecule has 4 heterocycles. The first-order chi connectivity index (χ1) is 18.0. The average Bonchev–Trinajstić information content (AvgIpc) is 3.21. The Balaban J connectivity index is 1.15. The number of oxazole rings is 1. The number of H-pyrrole nitrogens is 1. The third-order valence-electron chi connectivity index (χ3n) is 7.37. The molecule has 9 heteroatoms. The predicted octanol–water partition coefficient (Wildman–Crippen LogP) is 4.11. The minimum absolute atomic E-state index is 0.0420. The number of hydrogen-bond acceptors (Lipinski definition) is 6. The fourth-order valence-corrected chi connectivity index (χ4v) is 5.40. The standard InChI is InChI=1S/C28H27N5O4/c1-17-14-20(15-23-25(17)31-28(36)37-23)26(34)19-6-10-29-24(16-19)32-11-8-21(9-12-32)33-13-7-18-4-2-3-5-22(18)30-27(33)35/h2-6,10,14-16,21H,7-9,11-13H2,1H3,(H,30,35)(H,31,36). The summed E-state index contributed by atoms with van der Waals surface area (Å²) in [6, 6.07) is 14.9. The van der Waals surface area contributed by atoms with Gasteiger partial charge in [0.2, 0.25) is 0 Å². The maximum absolute atomic E-state index is 13.3. The molecule has 0 aliphatic carbocycles. The molecule has 6 rings (SSSR count). The Morgan fingerprint density at radius 2 is 1.84 bits per heavy atom. The van der Waals surface area contributed by atoms with Gasteiger partial charge in [0.05, 0.1) is 5.52 Å². The van der Waals surface area contributed by atoms with E-state index in [2.05, 4.69) is 26.3 Å². The molecule has 1 saturated heterocycles. The van der Waals surface area contributed by atoms with Crippen molar-refractivity contribution in [2.75, 3.05) is 29.9 Å². The number of aromatic nitrogens is 2. The number of nitrogens with one attached hydrogen (secondary N) is 2. The molecule has 0 spiro atoms. The Kier molecular flexibility index (Phi) is 5.75. The van der Waals surface area contributed by atoms with Crippen molar-refractivity contribution in [2.45, 2.75) is 32.2 Å². The van der Waals surface area contributed by atoms with Crippen molar-refractivity contribution in [1.82, 2.24) is 14.9 Å². The Hall–Kier alpha value is -4.40. The molecule has 2 aromatic carbocycles. The summed E-state index contributed by atoms with van der Waals surface area (Å²) in [6.45, 7) is 4.01. The Labute approximate surface area is 213 Å². The van der Waals surface area contributed by atoms with Crippen LogP contribution in [0.5, 0.6) is 0 Å². The molecular weight excluding hydrogens is 470 g/mol. The lowest BCUT2D eigenvalue weighted by Gasteiger charge is -2.38. The second-order valence-corrected chi connectivity index (χ2v) is 9.66. The molecule has 2 aliphatic heterocycles. The molecule has 0 atom stereocenters. The number of nitrogens with zero attached hydrogens (tertiary/aromatic N) is 3. The van der Waals surface area contributed by atoms with Crippen LogP contribution in [0.25, 0.3) is 11.1 Å². The van der Waals surface area contributed by atoms with Crippen molar-refractivity contribution in [3.8, 4) is 0 Å². The topological polar surface area (TPSA) is 112 Å². The van der Waals surface area contributed by atoms with E-state index < -0.39 is 5.76 Å². The van der Waals surface area contributed by atoms with Gasteiger partial charge in [-0.15, -0.1) is 0 Å². The Morgan fingerprint density at radius 1 is 1.03 bits per heavy atom. The van der Waals surface area contributed by atoms with Gasteiger partial charge in [-0.05, 0) is 67.6 Å². The van der Waals surface area contributed by atoms with Gasteiger partial charge in [-0.1, -0.05) is 18.2 Å². The highest BCUT2D eigenvalue weighted by molar-refractivity contribution is 6.10. The summed E-state index contributed by atoms with van der Waals surface area (Å²) in [6.07, 6.45) is 4.13. The lowest BCUT2D eigenvalue weighted by Crippen LogP contribution is -2.49. The van der Waals surface area contributed by atoms with E-state index in [1.54, 1.807) is 24.4 Å². The minimum Gasteiger partial charge on any atom is -0.408 e. The van der Waals surface area contributed by atoms with Crippen molar-refractivity contribution in [1.29, 1.82) is 0 Å². The number of rotatable bonds is 4. The number of amides is 2. The second kappa shape index (κ2) is 9.24. The van der Waals surface area contributed by atoms with Crippen molar-refractivity contribution < 1.29 is 14.0 Å². The number of ketones is 1. The van der Waals surface area contributed by atoms with Crippen LogP contribution >= 0.6 is 0 Å². The van der Waals surface area contributed by atoms with Crippen molar-refractivity contribution in [3.63, 3.8) is 0 Å². The largest absolute Gasteiger partial charge is 0.417 e. The van der Waals surface area contributed by atoms with E-state index in [1.807, 2.05) is 36.1 Å². The Morgan fingerprint density at radius 3 is 2.68 bits per heavy atom. The molecular formula is C28H27N5O4. The number of carbonyl (C=O) groups excluding carboxylic acids is 2. The number of piperidine rings is 1. The van der Waals surface area contributed by atoms with Gasteiger partial charge in [0.1, 0.15) is 5.82 Å². The van der Waals surface area contributed by atoms with Gasteiger partial charge >= 0.3 is 11.8 Å². The quantitative estimate of drug-likeness (QED) is 0.411. The molecule has 0 bridgehead atoms. The van der Waals surface area contributed by atoms with Gasteiger partial charge in [-0.2, -0.15) is 0 Å². The molecule has 2 amide bonds. The summed E-state index contributed by atoms with van der Waals surface area (Å²) in [5.74, 6) is 0.0377. The van der Waals surface area contributed by atoms with Gasteiger partial charge in [0.25, 0.3) is 0 Å². The SMILES string of the molecule is Cc1cc(C(=O)c2ccnc(N3CCC(N4CCc5ccccc5NC4=O)CC3)c2)cc2oc(=O)[nH]c12. The van der Waals surface area contributed by atoms with Gasteiger partial charge < -0.3 is 19.5 Å². The van der Waals surface area contributed by atoms with Gasteiger partial charge in [-0.25, -0.2) is 14.6 Å². The van der Waals surface area contributed by atoms with Crippen LogP contribution in [0, 0.1) is 6.92 Å².